The Morgan fingerprint density at radius 2 is 1.96 bits per heavy atom. The standard InChI is InChI=1S/C13H20N4O5S.ClH/c1-9(10(2)14)13(18)15-6-7-16-23(21,22)12-5-3-4-11(8-12)17(19)20;/h3-5,8-10,16H,6-7,14H2,1-2H3,(H,15,18);1H. The largest absolute Gasteiger partial charge is 0.355 e. The molecule has 0 aliphatic heterocycles. The van der Waals surface area contributed by atoms with Crippen molar-refractivity contribution in [1.82, 2.24) is 10.0 Å². The molecule has 0 radical (unpaired) electrons. The first-order chi connectivity index (χ1) is 10.6. The number of carbonyl (C=O) groups excluding carboxylic acids is 1. The molecule has 0 bridgehead atoms. The van der Waals surface area contributed by atoms with Crippen molar-refractivity contribution in [2.24, 2.45) is 11.7 Å². The molecular formula is C13H21ClN4O5S. The van der Waals surface area contributed by atoms with Crippen molar-refractivity contribution in [2.45, 2.75) is 24.8 Å². The van der Waals surface area contributed by atoms with Crippen molar-refractivity contribution in [3.05, 3.63) is 34.4 Å². The third kappa shape index (κ3) is 6.40. The smallest absolute Gasteiger partial charge is 0.270 e. The van der Waals surface area contributed by atoms with E-state index in [1.165, 1.54) is 18.2 Å². The summed E-state index contributed by atoms with van der Waals surface area (Å²) in [5.74, 6) is -0.655. The van der Waals surface area contributed by atoms with Gasteiger partial charge in [0.2, 0.25) is 15.9 Å². The Morgan fingerprint density at radius 1 is 1.33 bits per heavy atom. The second-order valence-corrected chi connectivity index (χ2v) is 6.86. The molecule has 24 heavy (non-hydrogen) atoms. The number of rotatable bonds is 8. The van der Waals surface area contributed by atoms with Gasteiger partial charge in [0, 0.05) is 37.2 Å². The minimum absolute atomic E-state index is 0. The van der Waals surface area contributed by atoms with Crippen LogP contribution in [0.15, 0.2) is 29.2 Å². The maximum atomic E-state index is 12.0. The molecule has 0 aliphatic carbocycles. The minimum atomic E-state index is -3.88. The molecule has 0 fully saturated rings. The molecule has 0 saturated carbocycles. The predicted molar refractivity (Wildman–Crippen MR) is 91.4 cm³/mol. The van der Waals surface area contributed by atoms with E-state index in [4.69, 9.17) is 5.73 Å². The number of nitro groups is 1. The van der Waals surface area contributed by atoms with Crippen molar-refractivity contribution >= 4 is 34.0 Å². The van der Waals surface area contributed by atoms with Crippen LogP contribution in [0, 0.1) is 16.0 Å². The number of sulfonamides is 1. The topological polar surface area (TPSA) is 144 Å². The molecule has 11 heteroatoms. The lowest BCUT2D eigenvalue weighted by atomic mass is 10.0. The van der Waals surface area contributed by atoms with E-state index in [0.717, 1.165) is 6.07 Å². The molecular weight excluding hydrogens is 360 g/mol. The Labute approximate surface area is 146 Å². The Kier molecular flexibility index (Phi) is 8.83. The number of non-ortho nitro benzene ring substituents is 1. The summed E-state index contributed by atoms with van der Waals surface area (Å²) < 4.78 is 26.3. The first-order valence-corrected chi connectivity index (χ1v) is 8.41. The van der Waals surface area contributed by atoms with Gasteiger partial charge in [-0.05, 0) is 13.0 Å². The summed E-state index contributed by atoms with van der Waals surface area (Å²) in [7, 11) is -3.88. The Bertz CT molecular complexity index is 681. The fourth-order valence-electron chi connectivity index (χ4n) is 1.62. The maximum Gasteiger partial charge on any atom is 0.270 e. The second-order valence-electron chi connectivity index (χ2n) is 5.09. The summed E-state index contributed by atoms with van der Waals surface area (Å²) in [6, 6.07) is 4.41. The number of nitrogens with two attached hydrogens (primary N) is 1. The molecule has 9 nitrogen and oxygen atoms in total. The van der Waals surface area contributed by atoms with Crippen molar-refractivity contribution < 1.29 is 18.1 Å². The number of amides is 1. The van der Waals surface area contributed by atoms with E-state index in [0.29, 0.717) is 0 Å². The SMILES string of the molecule is CC(N)C(C)C(=O)NCCNS(=O)(=O)c1cccc([N+](=O)[O-])c1.Cl. The van der Waals surface area contributed by atoms with Gasteiger partial charge >= 0.3 is 0 Å². The summed E-state index contributed by atoms with van der Waals surface area (Å²) >= 11 is 0. The lowest BCUT2D eigenvalue weighted by Crippen LogP contribution is -2.41. The molecule has 1 aromatic rings. The van der Waals surface area contributed by atoms with Crippen LogP contribution >= 0.6 is 12.4 Å². The van der Waals surface area contributed by atoms with E-state index in [9.17, 15) is 23.3 Å². The van der Waals surface area contributed by atoms with Gasteiger partial charge in [-0.3, -0.25) is 14.9 Å². The van der Waals surface area contributed by atoms with Gasteiger partial charge in [0.15, 0.2) is 0 Å². The molecule has 0 saturated heterocycles. The molecule has 1 aromatic carbocycles. The van der Waals surface area contributed by atoms with Crippen LogP contribution in [0.2, 0.25) is 0 Å². The van der Waals surface area contributed by atoms with Gasteiger partial charge in [-0.15, -0.1) is 12.4 Å². The van der Waals surface area contributed by atoms with Crippen LogP contribution in [0.25, 0.3) is 0 Å². The van der Waals surface area contributed by atoms with E-state index in [1.807, 2.05) is 0 Å². The van der Waals surface area contributed by atoms with E-state index >= 15 is 0 Å². The lowest BCUT2D eigenvalue weighted by Gasteiger charge is -2.15. The predicted octanol–water partition coefficient (Wildman–Crippen LogP) is 0.394. The number of halogens is 1. The average Bonchev–Trinajstić information content (AvgIpc) is 2.50. The molecule has 0 heterocycles. The summed E-state index contributed by atoms with van der Waals surface area (Å²) in [4.78, 5) is 21.4. The fourth-order valence-corrected chi connectivity index (χ4v) is 2.69. The van der Waals surface area contributed by atoms with Gasteiger partial charge in [0.05, 0.1) is 9.82 Å². The number of nitro benzene ring substituents is 1. The fraction of sp³-hybridized carbons (Fsp3) is 0.462. The first kappa shape index (κ1) is 22.2. The molecule has 0 aromatic heterocycles. The molecule has 4 N–H and O–H groups in total. The van der Waals surface area contributed by atoms with Crippen LogP contribution in [-0.2, 0) is 14.8 Å². The summed E-state index contributed by atoms with van der Waals surface area (Å²) in [5, 5.41) is 13.2. The maximum absolute atomic E-state index is 12.0. The van der Waals surface area contributed by atoms with Crippen LogP contribution in [0.4, 0.5) is 5.69 Å². The first-order valence-electron chi connectivity index (χ1n) is 6.92. The summed E-state index contributed by atoms with van der Waals surface area (Å²) in [6.07, 6.45) is 0. The van der Waals surface area contributed by atoms with E-state index in [-0.39, 0.29) is 53.9 Å². The number of nitrogens with zero attached hydrogens (tertiary/aromatic N) is 1. The highest BCUT2D eigenvalue weighted by Gasteiger charge is 2.18. The normalized spacial score (nSPS) is 13.5. The number of carbonyl (C=O) groups is 1. The third-order valence-electron chi connectivity index (χ3n) is 3.26. The number of hydrogen-bond donors (Lipinski definition) is 3. The zero-order chi connectivity index (χ0) is 17.6. The molecule has 2 unspecified atom stereocenters. The van der Waals surface area contributed by atoms with Gasteiger partial charge in [-0.25, -0.2) is 13.1 Å². The van der Waals surface area contributed by atoms with Gasteiger partial charge in [0.25, 0.3) is 5.69 Å². The van der Waals surface area contributed by atoms with Crippen molar-refractivity contribution in [2.75, 3.05) is 13.1 Å². The highest BCUT2D eigenvalue weighted by atomic mass is 35.5. The van der Waals surface area contributed by atoms with E-state index < -0.39 is 14.9 Å². The molecule has 136 valence electrons. The molecule has 1 rings (SSSR count). The van der Waals surface area contributed by atoms with Gasteiger partial charge in [-0.1, -0.05) is 13.0 Å². The highest BCUT2D eigenvalue weighted by Crippen LogP contribution is 2.16. The van der Waals surface area contributed by atoms with Crippen molar-refractivity contribution in [1.29, 1.82) is 0 Å². The van der Waals surface area contributed by atoms with Crippen LogP contribution in [0.1, 0.15) is 13.8 Å². The molecule has 0 spiro atoms. The summed E-state index contributed by atoms with van der Waals surface area (Å²) in [6.45, 7) is 3.43. The monoisotopic (exact) mass is 380 g/mol. The molecule has 0 aliphatic rings. The lowest BCUT2D eigenvalue weighted by molar-refractivity contribution is -0.385. The Balaban J connectivity index is 0.00000529. The number of benzene rings is 1. The third-order valence-corrected chi connectivity index (χ3v) is 4.72. The zero-order valence-corrected chi connectivity index (χ0v) is 14.9. The van der Waals surface area contributed by atoms with E-state index in [2.05, 4.69) is 10.0 Å². The average molecular weight is 381 g/mol. The highest BCUT2D eigenvalue weighted by molar-refractivity contribution is 7.89. The number of nitrogens with one attached hydrogen (secondary N) is 2. The van der Waals surface area contributed by atoms with Crippen LogP contribution in [0.3, 0.4) is 0 Å². The van der Waals surface area contributed by atoms with Gasteiger partial charge < -0.3 is 11.1 Å². The quantitative estimate of drug-likeness (QED) is 0.338. The van der Waals surface area contributed by atoms with Crippen LogP contribution < -0.4 is 15.8 Å². The number of hydrogen-bond acceptors (Lipinski definition) is 6. The Morgan fingerprint density at radius 3 is 2.50 bits per heavy atom. The van der Waals surface area contributed by atoms with Crippen LogP contribution in [0.5, 0.6) is 0 Å². The van der Waals surface area contributed by atoms with Gasteiger partial charge in [0.1, 0.15) is 0 Å². The van der Waals surface area contributed by atoms with Crippen molar-refractivity contribution in [3.8, 4) is 0 Å². The van der Waals surface area contributed by atoms with E-state index in [1.54, 1.807) is 13.8 Å². The Hall–Kier alpha value is -1.75. The molecule has 2 atom stereocenters. The molecule has 1 amide bonds. The minimum Gasteiger partial charge on any atom is -0.355 e. The second kappa shape index (κ2) is 9.52. The van der Waals surface area contributed by atoms with Gasteiger partial charge in [-0.2, -0.15) is 0 Å². The summed E-state index contributed by atoms with van der Waals surface area (Å²) in [5.41, 5.74) is 5.28. The van der Waals surface area contributed by atoms with Crippen LogP contribution in [-0.4, -0.2) is 38.4 Å². The van der Waals surface area contributed by atoms with Crippen molar-refractivity contribution in [3.63, 3.8) is 0 Å². The zero-order valence-electron chi connectivity index (χ0n) is 13.3.